The predicted octanol–water partition coefficient (Wildman–Crippen LogP) is 3.62. The maximum atomic E-state index is 3.73. The highest BCUT2D eigenvalue weighted by molar-refractivity contribution is 9.10. The molecule has 1 aromatic rings. The summed E-state index contributed by atoms with van der Waals surface area (Å²) in [6, 6.07) is 9.50. The Morgan fingerprint density at radius 3 is 2.56 bits per heavy atom. The molecule has 0 unspecified atom stereocenters. The number of benzene rings is 1. The second kappa shape index (κ2) is 4.15. The van der Waals surface area contributed by atoms with Gasteiger partial charge in [-0.05, 0) is 37.3 Å². The molecule has 0 aliphatic heterocycles. The molecular weight excluding hydrogens is 262 g/mol. The molecule has 16 heavy (non-hydrogen) atoms. The lowest BCUT2D eigenvalue weighted by Crippen LogP contribution is -2.39. The summed E-state index contributed by atoms with van der Waals surface area (Å²) in [5.74, 6) is 0. The standard InChI is InChI=1S/C14H18BrN/c15-13-7-2-1-6-12(13)14(8-9-14)10-16-11-4-3-5-11/h1-2,6-7,11,16H,3-5,8-10H2. The summed E-state index contributed by atoms with van der Waals surface area (Å²) in [7, 11) is 0. The van der Waals surface area contributed by atoms with E-state index in [0.717, 1.165) is 6.04 Å². The van der Waals surface area contributed by atoms with Crippen LogP contribution in [-0.2, 0) is 5.41 Å². The first-order valence-corrected chi connectivity index (χ1v) is 7.08. The van der Waals surface area contributed by atoms with Crippen LogP contribution in [0.25, 0.3) is 0 Å². The van der Waals surface area contributed by atoms with E-state index in [-0.39, 0.29) is 0 Å². The quantitative estimate of drug-likeness (QED) is 0.888. The second-order valence-corrected chi connectivity index (χ2v) is 6.12. The lowest BCUT2D eigenvalue weighted by Gasteiger charge is -2.29. The van der Waals surface area contributed by atoms with E-state index < -0.39 is 0 Å². The summed E-state index contributed by atoms with van der Waals surface area (Å²) < 4.78 is 1.28. The van der Waals surface area contributed by atoms with Gasteiger partial charge < -0.3 is 5.32 Å². The normalized spacial score (nSPS) is 22.8. The van der Waals surface area contributed by atoms with Gasteiger partial charge in [0.25, 0.3) is 0 Å². The number of hydrogen-bond acceptors (Lipinski definition) is 1. The van der Waals surface area contributed by atoms with E-state index in [4.69, 9.17) is 0 Å². The lowest BCUT2D eigenvalue weighted by molar-refractivity contribution is 0.328. The molecule has 86 valence electrons. The maximum Gasteiger partial charge on any atom is 0.0213 e. The number of hydrogen-bond donors (Lipinski definition) is 1. The van der Waals surface area contributed by atoms with E-state index in [0.29, 0.717) is 5.41 Å². The Bertz CT molecular complexity index is 380. The Morgan fingerprint density at radius 2 is 2.00 bits per heavy atom. The molecule has 2 aliphatic carbocycles. The zero-order chi connectivity index (χ0) is 11.0. The summed E-state index contributed by atoms with van der Waals surface area (Å²) in [4.78, 5) is 0. The minimum Gasteiger partial charge on any atom is -0.313 e. The van der Waals surface area contributed by atoms with Gasteiger partial charge in [0.05, 0.1) is 0 Å². The minimum absolute atomic E-state index is 0.440. The van der Waals surface area contributed by atoms with Crippen LogP contribution in [0.1, 0.15) is 37.7 Å². The van der Waals surface area contributed by atoms with Crippen molar-refractivity contribution in [2.75, 3.05) is 6.54 Å². The van der Waals surface area contributed by atoms with E-state index in [1.807, 2.05) is 0 Å². The topological polar surface area (TPSA) is 12.0 Å². The summed E-state index contributed by atoms with van der Waals surface area (Å²) in [5.41, 5.74) is 1.94. The fourth-order valence-corrected chi connectivity index (χ4v) is 3.24. The van der Waals surface area contributed by atoms with Gasteiger partial charge in [0.1, 0.15) is 0 Å². The number of nitrogens with one attached hydrogen (secondary N) is 1. The molecule has 3 rings (SSSR count). The van der Waals surface area contributed by atoms with Crippen molar-refractivity contribution >= 4 is 15.9 Å². The molecule has 2 fully saturated rings. The average Bonchev–Trinajstić information content (AvgIpc) is 2.97. The smallest absolute Gasteiger partial charge is 0.0213 e. The van der Waals surface area contributed by atoms with E-state index in [2.05, 4.69) is 45.5 Å². The molecule has 0 radical (unpaired) electrons. The number of halogens is 1. The molecular formula is C14H18BrN. The van der Waals surface area contributed by atoms with Crippen molar-refractivity contribution in [1.82, 2.24) is 5.32 Å². The summed E-state index contributed by atoms with van der Waals surface area (Å²) in [6.07, 6.45) is 6.86. The Labute approximate surface area is 106 Å². The molecule has 0 bridgehead atoms. The predicted molar refractivity (Wildman–Crippen MR) is 70.7 cm³/mol. The Hall–Kier alpha value is -0.340. The molecule has 0 aromatic heterocycles. The van der Waals surface area contributed by atoms with Gasteiger partial charge >= 0.3 is 0 Å². The third kappa shape index (κ3) is 1.93. The third-order valence-corrected chi connectivity index (χ3v) is 4.82. The van der Waals surface area contributed by atoms with Gasteiger partial charge in [0.15, 0.2) is 0 Å². The third-order valence-electron chi connectivity index (χ3n) is 4.13. The van der Waals surface area contributed by atoms with Crippen LogP contribution in [0.15, 0.2) is 28.7 Å². The van der Waals surface area contributed by atoms with Gasteiger partial charge in [0, 0.05) is 22.5 Å². The van der Waals surface area contributed by atoms with Crippen LogP contribution in [0.5, 0.6) is 0 Å². The van der Waals surface area contributed by atoms with Crippen molar-refractivity contribution in [3.63, 3.8) is 0 Å². The summed E-state index contributed by atoms with van der Waals surface area (Å²) in [5, 5.41) is 3.73. The zero-order valence-corrected chi connectivity index (χ0v) is 11.1. The molecule has 1 nitrogen and oxygen atoms in total. The van der Waals surface area contributed by atoms with Crippen molar-refractivity contribution in [1.29, 1.82) is 0 Å². The largest absolute Gasteiger partial charge is 0.313 e. The van der Waals surface area contributed by atoms with Crippen molar-refractivity contribution in [2.24, 2.45) is 0 Å². The maximum absolute atomic E-state index is 3.73. The molecule has 2 aliphatic rings. The van der Waals surface area contributed by atoms with E-state index in [1.54, 1.807) is 0 Å². The van der Waals surface area contributed by atoms with Crippen molar-refractivity contribution < 1.29 is 0 Å². The fraction of sp³-hybridized carbons (Fsp3) is 0.571. The molecule has 0 atom stereocenters. The fourth-order valence-electron chi connectivity index (χ4n) is 2.54. The molecule has 0 spiro atoms. The lowest BCUT2D eigenvalue weighted by atomic mass is 9.90. The Morgan fingerprint density at radius 1 is 1.25 bits per heavy atom. The van der Waals surface area contributed by atoms with E-state index in [1.165, 1.54) is 48.7 Å². The highest BCUT2D eigenvalue weighted by Crippen LogP contribution is 2.50. The van der Waals surface area contributed by atoms with Gasteiger partial charge in [0.2, 0.25) is 0 Å². The van der Waals surface area contributed by atoms with Crippen LogP contribution < -0.4 is 5.32 Å². The highest BCUT2D eigenvalue weighted by atomic mass is 79.9. The molecule has 1 aromatic carbocycles. The van der Waals surface area contributed by atoms with Crippen LogP contribution >= 0.6 is 15.9 Å². The van der Waals surface area contributed by atoms with Crippen molar-refractivity contribution in [3.8, 4) is 0 Å². The van der Waals surface area contributed by atoms with Crippen LogP contribution in [-0.4, -0.2) is 12.6 Å². The number of rotatable bonds is 4. The van der Waals surface area contributed by atoms with Gasteiger partial charge in [-0.3, -0.25) is 0 Å². The van der Waals surface area contributed by atoms with Crippen LogP contribution in [0, 0.1) is 0 Å². The van der Waals surface area contributed by atoms with Crippen molar-refractivity contribution in [3.05, 3.63) is 34.3 Å². The highest BCUT2D eigenvalue weighted by Gasteiger charge is 2.45. The average molecular weight is 280 g/mol. The zero-order valence-electron chi connectivity index (χ0n) is 9.51. The molecule has 0 heterocycles. The first-order chi connectivity index (χ1) is 7.80. The van der Waals surface area contributed by atoms with Crippen molar-refractivity contribution in [2.45, 2.75) is 43.6 Å². The van der Waals surface area contributed by atoms with Gasteiger partial charge in [-0.2, -0.15) is 0 Å². The Balaban J connectivity index is 1.70. The first-order valence-electron chi connectivity index (χ1n) is 6.29. The minimum atomic E-state index is 0.440. The summed E-state index contributed by atoms with van der Waals surface area (Å²) in [6.45, 7) is 1.17. The molecule has 2 saturated carbocycles. The van der Waals surface area contributed by atoms with Gasteiger partial charge in [-0.25, -0.2) is 0 Å². The molecule has 0 amide bonds. The van der Waals surface area contributed by atoms with E-state index >= 15 is 0 Å². The molecule has 2 heteroatoms. The Kier molecular flexibility index (Phi) is 2.80. The molecule has 0 saturated heterocycles. The first kappa shape index (κ1) is 10.8. The van der Waals surface area contributed by atoms with Gasteiger partial charge in [-0.1, -0.05) is 40.5 Å². The van der Waals surface area contributed by atoms with Crippen LogP contribution in [0.4, 0.5) is 0 Å². The second-order valence-electron chi connectivity index (χ2n) is 5.27. The summed E-state index contributed by atoms with van der Waals surface area (Å²) >= 11 is 3.68. The van der Waals surface area contributed by atoms with Crippen LogP contribution in [0.2, 0.25) is 0 Å². The van der Waals surface area contributed by atoms with E-state index in [9.17, 15) is 0 Å². The van der Waals surface area contributed by atoms with Crippen LogP contribution in [0.3, 0.4) is 0 Å². The molecule has 1 N–H and O–H groups in total. The SMILES string of the molecule is Brc1ccccc1C1(CNC2CCC2)CC1. The van der Waals surface area contributed by atoms with Gasteiger partial charge in [-0.15, -0.1) is 0 Å². The monoisotopic (exact) mass is 279 g/mol.